The topological polar surface area (TPSA) is 0 Å². The van der Waals surface area contributed by atoms with Crippen molar-refractivity contribution in [2.24, 2.45) is 0 Å². The molecule has 0 saturated heterocycles. The van der Waals surface area contributed by atoms with Crippen LogP contribution >= 0.6 is 0 Å². The van der Waals surface area contributed by atoms with Gasteiger partial charge in [0.1, 0.15) is 0 Å². The van der Waals surface area contributed by atoms with Crippen molar-refractivity contribution in [3.63, 3.8) is 0 Å². The van der Waals surface area contributed by atoms with Crippen LogP contribution in [0.15, 0.2) is 18.4 Å². The summed E-state index contributed by atoms with van der Waals surface area (Å²) in [4.78, 5) is 0. The van der Waals surface area contributed by atoms with Gasteiger partial charge in [-0.2, -0.15) is 0 Å². The van der Waals surface area contributed by atoms with E-state index in [1.165, 1.54) is 0 Å². The highest BCUT2D eigenvalue weighted by Gasteiger charge is 1.65. The molecule has 0 nitrogen and oxygen atoms in total. The van der Waals surface area contributed by atoms with Crippen LogP contribution in [0.4, 0.5) is 0 Å². The number of unbranched alkanes of at least 4 members (excludes halogenated alkanes) is 1. The van der Waals surface area contributed by atoms with Gasteiger partial charge in [-0.25, -0.2) is 0 Å². The van der Waals surface area contributed by atoms with Crippen LogP contribution in [0, 0.1) is 11.8 Å². The first-order chi connectivity index (χ1) is 3.91. The second-order valence-electron chi connectivity index (χ2n) is 1.42. The molecule has 0 aromatic rings. The second kappa shape index (κ2) is 6.08. The predicted molar refractivity (Wildman–Crippen MR) is 36.4 cm³/mol. The summed E-state index contributed by atoms with van der Waals surface area (Å²) in [5, 5.41) is 0. The van der Waals surface area contributed by atoms with Gasteiger partial charge in [0.05, 0.1) is 0 Å². The minimum atomic E-state index is 0.970. The molecule has 0 aliphatic rings. The summed E-state index contributed by atoms with van der Waals surface area (Å²) in [6, 6.07) is 0. The smallest absolute Gasteiger partial charge is 0.0295 e. The van der Waals surface area contributed by atoms with Crippen molar-refractivity contribution in [2.75, 3.05) is 0 Å². The molecule has 0 bridgehead atoms. The fraction of sp³-hybridized carbons (Fsp3) is 0.375. The van der Waals surface area contributed by atoms with Gasteiger partial charge >= 0.3 is 0 Å². The van der Waals surface area contributed by atoms with E-state index in [1.807, 2.05) is 0 Å². The average Bonchev–Trinajstić information content (AvgIpc) is 1.81. The van der Waals surface area contributed by atoms with Gasteiger partial charge in [-0.15, -0.1) is 5.73 Å². The maximum absolute atomic E-state index is 3.38. The molecule has 42 valence electrons. The average molecular weight is 106 g/mol. The minimum absolute atomic E-state index is 0.970. The molecule has 0 aliphatic heterocycles. The zero-order chi connectivity index (χ0) is 6.24. The Morgan fingerprint density at radius 3 is 2.88 bits per heavy atom. The number of rotatable bonds is 1. The minimum Gasteiger partial charge on any atom is -0.120 e. The Hall–Kier alpha value is -0.920. The van der Waals surface area contributed by atoms with Crippen molar-refractivity contribution in [1.29, 1.82) is 0 Å². The summed E-state index contributed by atoms with van der Waals surface area (Å²) < 4.78 is 0. The van der Waals surface area contributed by atoms with E-state index in [0.717, 1.165) is 12.8 Å². The highest BCUT2D eigenvalue weighted by Crippen LogP contribution is 1.79. The Labute approximate surface area is 50.9 Å². The fourth-order valence-electron chi connectivity index (χ4n) is 0.299. The van der Waals surface area contributed by atoms with Gasteiger partial charge in [0.25, 0.3) is 0 Å². The molecule has 8 heavy (non-hydrogen) atoms. The van der Waals surface area contributed by atoms with Crippen LogP contribution < -0.4 is 0 Å². The van der Waals surface area contributed by atoms with Crippen molar-refractivity contribution in [2.45, 2.75) is 19.8 Å². The first kappa shape index (κ1) is 7.08. The van der Waals surface area contributed by atoms with Gasteiger partial charge < -0.3 is 0 Å². The van der Waals surface area contributed by atoms with Crippen molar-refractivity contribution < 1.29 is 0 Å². The van der Waals surface area contributed by atoms with Gasteiger partial charge in [-0.05, 0) is 6.42 Å². The molecule has 0 radical (unpaired) electrons. The lowest BCUT2D eigenvalue weighted by atomic mass is 10.3. The first-order valence-corrected chi connectivity index (χ1v) is 2.74. The third kappa shape index (κ3) is 5.08. The van der Waals surface area contributed by atoms with Crippen LogP contribution in [0.2, 0.25) is 0 Å². The van der Waals surface area contributed by atoms with Crippen LogP contribution in [0.25, 0.3) is 0 Å². The van der Waals surface area contributed by atoms with E-state index in [0.29, 0.717) is 0 Å². The van der Waals surface area contributed by atoms with Crippen LogP contribution in [0.1, 0.15) is 19.8 Å². The summed E-state index contributed by atoms with van der Waals surface area (Å²) in [6.45, 7) is 5.48. The van der Waals surface area contributed by atoms with Gasteiger partial charge in [0, 0.05) is 12.5 Å². The lowest BCUT2D eigenvalue weighted by molar-refractivity contribution is 0.983. The maximum atomic E-state index is 3.38. The molecule has 0 aromatic heterocycles. The Kier molecular flexibility index (Phi) is 5.38. The van der Waals surface area contributed by atoms with E-state index in [-0.39, 0.29) is 0 Å². The molecule has 0 atom stereocenters. The fourth-order valence-corrected chi connectivity index (χ4v) is 0.299. The van der Waals surface area contributed by atoms with Crippen molar-refractivity contribution in [3.05, 3.63) is 18.4 Å². The van der Waals surface area contributed by atoms with E-state index in [1.54, 1.807) is 6.08 Å². The highest BCUT2D eigenvalue weighted by atomic mass is 13.7. The number of hydrogen-bond acceptors (Lipinski definition) is 0. The molecule has 0 aliphatic carbocycles. The molecule has 0 fully saturated rings. The van der Waals surface area contributed by atoms with E-state index in [9.17, 15) is 0 Å². The van der Waals surface area contributed by atoms with Crippen LogP contribution in [-0.2, 0) is 0 Å². The van der Waals surface area contributed by atoms with Crippen molar-refractivity contribution in [1.82, 2.24) is 0 Å². The molecule has 0 heterocycles. The Morgan fingerprint density at radius 1 is 1.62 bits per heavy atom. The second-order valence-corrected chi connectivity index (χ2v) is 1.42. The van der Waals surface area contributed by atoms with E-state index >= 15 is 0 Å². The number of hydrogen-bond donors (Lipinski definition) is 0. The third-order valence-corrected chi connectivity index (χ3v) is 0.651. The number of allylic oxidation sites excluding steroid dienone is 1. The monoisotopic (exact) mass is 106 g/mol. The largest absolute Gasteiger partial charge is 0.120 e. The van der Waals surface area contributed by atoms with Gasteiger partial charge in [-0.1, -0.05) is 25.3 Å². The third-order valence-electron chi connectivity index (χ3n) is 0.651. The van der Waals surface area contributed by atoms with Gasteiger partial charge in [0.2, 0.25) is 0 Å². The van der Waals surface area contributed by atoms with Crippen molar-refractivity contribution in [3.8, 4) is 11.8 Å². The van der Waals surface area contributed by atoms with Gasteiger partial charge in [-0.3, -0.25) is 0 Å². The zero-order valence-electron chi connectivity index (χ0n) is 5.20. The predicted octanol–water partition coefficient (Wildman–Crippen LogP) is 2.13. The highest BCUT2D eigenvalue weighted by molar-refractivity contribution is 5.13. The SMILES string of the molecule is C=C=CC#CCCC. The normalized spacial score (nSPS) is 6.12. The molecule has 0 heteroatoms. The molecule has 0 N–H and O–H groups in total. The van der Waals surface area contributed by atoms with Crippen LogP contribution in [0.3, 0.4) is 0 Å². The molecule has 0 amide bonds. The Morgan fingerprint density at radius 2 is 2.38 bits per heavy atom. The summed E-state index contributed by atoms with van der Waals surface area (Å²) in [5.74, 6) is 5.72. The zero-order valence-corrected chi connectivity index (χ0v) is 5.20. The Balaban J connectivity index is 3.35. The lowest BCUT2D eigenvalue weighted by Crippen LogP contribution is -1.58. The molecular formula is C8H10. The van der Waals surface area contributed by atoms with Gasteiger partial charge in [0.15, 0.2) is 0 Å². The lowest BCUT2D eigenvalue weighted by Gasteiger charge is -1.72. The standard InChI is InChI=1S/C8H10/c1-3-5-7-8-6-4-2/h5H,1,4,6H2,2H3. The summed E-state index contributed by atoms with van der Waals surface area (Å²) in [7, 11) is 0. The Bertz CT molecular complexity index is 137. The molecular weight excluding hydrogens is 96.1 g/mol. The van der Waals surface area contributed by atoms with E-state index in [4.69, 9.17) is 0 Å². The first-order valence-electron chi connectivity index (χ1n) is 2.74. The summed E-state index contributed by atoms with van der Waals surface area (Å²) in [5.41, 5.74) is 2.58. The molecule has 0 spiro atoms. The van der Waals surface area contributed by atoms with Crippen LogP contribution in [0.5, 0.6) is 0 Å². The molecule has 0 rings (SSSR count). The summed E-state index contributed by atoms with van der Waals surface area (Å²) >= 11 is 0. The molecule has 0 saturated carbocycles. The molecule has 0 unspecified atom stereocenters. The van der Waals surface area contributed by atoms with E-state index in [2.05, 4.69) is 31.1 Å². The van der Waals surface area contributed by atoms with Crippen LogP contribution in [-0.4, -0.2) is 0 Å². The molecule has 0 aromatic carbocycles. The maximum Gasteiger partial charge on any atom is 0.0295 e. The van der Waals surface area contributed by atoms with Crippen molar-refractivity contribution >= 4 is 0 Å². The summed E-state index contributed by atoms with van der Waals surface area (Å²) in [6.07, 6.45) is 3.73. The quantitative estimate of drug-likeness (QED) is 0.355. The van der Waals surface area contributed by atoms with E-state index < -0.39 is 0 Å².